The van der Waals surface area contributed by atoms with Crippen molar-refractivity contribution in [1.29, 1.82) is 0 Å². The highest BCUT2D eigenvalue weighted by molar-refractivity contribution is 6.24. The molecule has 1 aliphatic carbocycles. The maximum Gasteiger partial charge on any atom is 0.306 e. The zero-order chi connectivity index (χ0) is 28.0. The fourth-order valence-corrected chi connectivity index (χ4v) is 4.31. The van der Waals surface area contributed by atoms with Crippen molar-refractivity contribution in [2.75, 3.05) is 28.4 Å². The van der Waals surface area contributed by atoms with Crippen molar-refractivity contribution in [2.24, 2.45) is 0 Å². The van der Waals surface area contributed by atoms with Crippen LogP contribution in [0.25, 0.3) is 0 Å². The molecular formula is C28H28O10. The second-order valence-electron chi connectivity index (χ2n) is 8.39. The van der Waals surface area contributed by atoms with Crippen molar-refractivity contribution in [3.05, 3.63) is 82.3 Å². The summed E-state index contributed by atoms with van der Waals surface area (Å²) in [6.45, 7) is 0. The zero-order valence-electron chi connectivity index (χ0n) is 21.3. The molecular weight excluding hydrogens is 496 g/mol. The summed E-state index contributed by atoms with van der Waals surface area (Å²) in [5.74, 6) is -6.61. The van der Waals surface area contributed by atoms with Crippen molar-refractivity contribution >= 4 is 23.5 Å². The molecule has 2 unspecified atom stereocenters. The molecule has 0 aromatic heterocycles. The number of carbonyl (C=O) groups is 4. The summed E-state index contributed by atoms with van der Waals surface area (Å²) in [4.78, 5) is 51.4. The lowest BCUT2D eigenvalue weighted by molar-refractivity contribution is -0.142. The van der Waals surface area contributed by atoms with E-state index in [1.54, 1.807) is 48.5 Å². The summed E-state index contributed by atoms with van der Waals surface area (Å²) in [5.41, 5.74) is -0.121. The summed E-state index contributed by atoms with van der Waals surface area (Å²) < 4.78 is 19.8. The number of aliphatic hydroxyl groups excluding tert-OH is 2. The summed E-state index contributed by atoms with van der Waals surface area (Å²) in [6.07, 6.45) is -0.790. The molecule has 0 bridgehead atoms. The molecule has 2 aromatic carbocycles. The van der Waals surface area contributed by atoms with Crippen LogP contribution in [0.5, 0.6) is 11.5 Å². The molecule has 0 spiro atoms. The van der Waals surface area contributed by atoms with E-state index in [-0.39, 0.29) is 0 Å². The van der Waals surface area contributed by atoms with E-state index in [0.29, 0.717) is 22.6 Å². The molecule has 0 amide bonds. The average molecular weight is 525 g/mol. The fraction of sp³-hybridized carbons (Fsp3) is 0.286. The Bertz CT molecular complexity index is 1180. The van der Waals surface area contributed by atoms with Gasteiger partial charge in [-0.15, -0.1) is 0 Å². The first kappa shape index (κ1) is 28.0. The number of benzene rings is 2. The summed E-state index contributed by atoms with van der Waals surface area (Å²) in [5, 5.41) is 22.1. The van der Waals surface area contributed by atoms with Crippen LogP contribution in [-0.2, 0) is 28.7 Å². The smallest absolute Gasteiger partial charge is 0.306 e. The van der Waals surface area contributed by atoms with Gasteiger partial charge >= 0.3 is 11.9 Å². The molecule has 10 nitrogen and oxygen atoms in total. The molecule has 1 aliphatic rings. The molecule has 0 fully saturated rings. The third-order valence-corrected chi connectivity index (χ3v) is 6.36. The van der Waals surface area contributed by atoms with Gasteiger partial charge in [0, 0.05) is 11.8 Å². The molecule has 10 heteroatoms. The number of hydrogen-bond donors (Lipinski definition) is 2. The van der Waals surface area contributed by atoms with Gasteiger partial charge in [-0.1, -0.05) is 24.3 Å². The summed E-state index contributed by atoms with van der Waals surface area (Å²) in [7, 11) is 5.27. The molecule has 2 N–H and O–H groups in total. The van der Waals surface area contributed by atoms with Gasteiger partial charge in [0.15, 0.2) is 11.5 Å². The number of carbonyl (C=O) groups excluding carboxylic acids is 4. The van der Waals surface area contributed by atoms with Gasteiger partial charge in [0.1, 0.15) is 11.5 Å². The van der Waals surface area contributed by atoms with Crippen LogP contribution in [0.2, 0.25) is 0 Å². The van der Waals surface area contributed by atoms with Crippen LogP contribution in [0, 0.1) is 0 Å². The lowest BCUT2D eigenvalue weighted by Gasteiger charge is -2.27. The average Bonchev–Trinajstić information content (AvgIpc) is 2.95. The highest BCUT2D eigenvalue weighted by Gasteiger charge is 2.43. The summed E-state index contributed by atoms with van der Waals surface area (Å²) >= 11 is 0. The number of aliphatic hydroxyl groups is 2. The Hall–Kier alpha value is -4.60. The van der Waals surface area contributed by atoms with Crippen molar-refractivity contribution in [3.63, 3.8) is 0 Å². The normalized spacial score (nSPS) is 15.2. The molecule has 38 heavy (non-hydrogen) atoms. The maximum atomic E-state index is 13.5. The number of esters is 2. The van der Waals surface area contributed by atoms with E-state index in [1.807, 2.05) is 0 Å². The third kappa shape index (κ3) is 5.69. The van der Waals surface area contributed by atoms with E-state index in [4.69, 9.17) is 18.9 Å². The van der Waals surface area contributed by atoms with Gasteiger partial charge in [-0.05, 0) is 35.4 Å². The molecule has 0 aliphatic heterocycles. The van der Waals surface area contributed by atoms with Crippen LogP contribution in [0.1, 0.15) is 35.8 Å². The van der Waals surface area contributed by atoms with Crippen LogP contribution in [0.15, 0.2) is 71.2 Å². The number of ketones is 2. The van der Waals surface area contributed by atoms with Crippen LogP contribution in [0.3, 0.4) is 0 Å². The largest absolute Gasteiger partial charge is 0.504 e. The van der Waals surface area contributed by atoms with Crippen molar-refractivity contribution in [1.82, 2.24) is 0 Å². The maximum absolute atomic E-state index is 13.5. The molecule has 2 atom stereocenters. The monoisotopic (exact) mass is 524 g/mol. The Morgan fingerprint density at radius 3 is 1.21 bits per heavy atom. The topological polar surface area (TPSA) is 146 Å². The zero-order valence-corrected chi connectivity index (χ0v) is 21.3. The number of ether oxygens (including phenoxy) is 4. The van der Waals surface area contributed by atoms with E-state index in [9.17, 15) is 29.4 Å². The molecule has 2 aromatic rings. The van der Waals surface area contributed by atoms with Gasteiger partial charge in [-0.2, -0.15) is 0 Å². The van der Waals surface area contributed by atoms with Gasteiger partial charge in [-0.25, -0.2) is 0 Å². The van der Waals surface area contributed by atoms with Crippen molar-refractivity contribution in [3.8, 4) is 11.5 Å². The Labute approximate surface area is 219 Å². The van der Waals surface area contributed by atoms with Crippen molar-refractivity contribution < 1.29 is 48.3 Å². The predicted molar refractivity (Wildman–Crippen MR) is 134 cm³/mol. The second kappa shape index (κ2) is 12.1. The van der Waals surface area contributed by atoms with Crippen LogP contribution in [-0.4, -0.2) is 62.2 Å². The van der Waals surface area contributed by atoms with E-state index >= 15 is 0 Å². The van der Waals surface area contributed by atoms with Gasteiger partial charge in [0.25, 0.3) is 0 Å². The number of allylic oxidation sites excluding steroid dienone is 2. The number of hydrogen-bond acceptors (Lipinski definition) is 10. The molecule has 0 saturated heterocycles. The molecule has 200 valence electrons. The van der Waals surface area contributed by atoms with Gasteiger partial charge < -0.3 is 29.2 Å². The Morgan fingerprint density at radius 1 is 0.632 bits per heavy atom. The van der Waals surface area contributed by atoms with Crippen LogP contribution in [0.4, 0.5) is 0 Å². The minimum atomic E-state index is -1.12. The number of methoxy groups -OCH3 is 4. The first-order valence-corrected chi connectivity index (χ1v) is 11.5. The Kier molecular flexibility index (Phi) is 8.90. The van der Waals surface area contributed by atoms with Gasteiger partial charge in [-0.3, -0.25) is 19.2 Å². The Morgan fingerprint density at radius 2 is 0.947 bits per heavy atom. The second-order valence-corrected chi connectivity index (χ2v) is 8.39. The number of rotatable bonds is 10. The minimum Gasteiger partial charge on any atom is -0.504 e. The van der Waals surface area contributed by atoms with Gasteiger partial charge in [0.05, 0.1) is 52.4 Å². The van der Waals surface area contributed by atoms with E-state index in [0.717, 1.165) is 14.2 Å². The van der Waals surface area contributed by atoms with Gasteiger partial charge in [0.2, 0.25) is 11.6 Å². The number of Topliss-reactive ketones (excluding diaryl/α,β-unsaturated/α-hetero) is 2. The minimum absolute atomic E-state index is 0.395. The predicted octanol–water partition coefficient (Wildman–Crippen LogP) is 3.47. The molecule has 0 saturated carbocycles. The summed E-state index contributed by atoms with van der Waals surface area (Å²) in [6, 6.07) is 12.6. The first-order chi connectivity index (χ1) is 18.2. The SMILES string of the molecule is COC(=O)CC(C1=C(O)C(=O)C(C(CC(=O)OC)c2ccc(OC)cc2)=C(O)C1=O)c1ccc(OC)cc1. The van der Waals surface area contributed by atoms with E-state index < -0.39 is 70.8 Å². The Balaban J connectivity index is 2.13. The first-order valence-electron chi connectivity index (χ1n) is 11.5. The molecule has 0 heterocycles. The van der Waals surface area contributed by atoms with E-state index in [2.05, 4.69) is 0 Å². The van der Waals surface area contributed by atoms with Crippen LogP contribution < -0.4 is 9.47 Å². The molecule has 3 rings (SSSR count). The lowest BCUT2D eigenvalue weighted by atomic mass is 9.76. The highest BCUT2D eigenvalue weighted by atomic mass is 16.5. The fourth-order valence-electron chi connectivity index (χ4n) is 4.31. The standard InChI is InChI=1S/C28H28O10/c1-35-17-9-5-15(6-10-17)19(13-21(29)37-3)23-25(31)27(33)24(28(34)26(23)32)20(14-22(30)38-4)16-7-11-18(36-2)12-8-16/h5-12,19-20,31,34H,13-14H2,1-4H3. The third-order valence-electron chi connectivity index (χ3n) is 6.36. The molecule has 0 radical (unpaired) electrons. The van der Waals surface area contributed by atoms with Crippen molar-refractivity contribution in [2.45, 2.75) is 24.7 Å². The highest BCUT2D eigenvalue weighted by Crippen LogP contribution is 2.41. The van der Waals surface area contributed by atoms with Crippen LogP contribution >= 0.6 is 0 Å². The lowest BCUT2D eigenvalue weighted by Crippen LogP contribution is -2.31. The van der Waals surface area contributed by atoms with E-state index in [1.165, 1.54) is 14.2 Å². The quantitative estimate of drug-likeness (QED) is 0.350.